The van der Waals surface area contributed by atoms with Crippen molar-refractivity contribution >= 4 is 10.0 Å². The Morgan fingerprint density at radius 3 is 2.67 bits per heavy atom. The van der Waals surface area contributed by atoms with Gasteiger partial charge in [0, 0.05) is 12.0 Å². The molecular weight excluding hydrogens is 250 g/mol. The van der Waals surface area contributed by atoms with Crippen LogP contribution >= 0.6 is 0 Å². The van der Waals surface area contributed by atoms with Crippen LogP contribution in [0.2, 0.25) is 0 Å². The molecule has 18 heavy (non-hydrogen) atoms. The highest BCUT2D eigenvalue weighted by Crippen LogP contribution is 2.40. The van der Waals surface area contributed by atoms with E-state index in [0.29, 0.717) is 6.42 Å². The molecule has 4 nitrogen and oxygen atoms in total. The van der Waals surface area contributed by atoms with E-state index in [1.165, 1.54) is 6.26 Å². The van der Waals surface area contributed by atoms with Gasteiger partial charge >= 0.3 is 0 Å². The minimum atomic E-state index is -3.24. The van der Waals surface area contributed by atoms with Gasteiger partial charge in [-0.1, -0.05) is 17.7 Å². The average molecular weight is 269 g/mol. The third kappa shape index (κ3) is 3.03. The Hall–Kier alpha value is -1.07. The van der Waals surface area contributed by atoms with Gasteiger partial charge in [0.05, 0.1) is 12.3 Å². The number of hydrogen-bond acceptors (Lipinski definition) is 3. The second kappa shape index (κ2) is 4.24. The lowest BCUT2D eigenvalue weighted by atomic mass is 9.89. The molecule has 100 valence electrons. The fourth-order valence-corrected chi connectivity index (χ4v) is 3.06. The molecule has 0 radical (unpaired) electrons. The monoisotopic (exact) mass is 269 g/mol. The minimum absolute atomic E-state index is 0.223. The Labute approximate surface area is 108 Å². The second-order valence-electron chi connectivity index (χ2n) is 5.55. The zero-order valence-electron chi connectivity index (χ0n) is 11.1. The van der Waals surface area contributed by atoms with E-state index in [2.05, 4.69) is 4.72 Å². The fraction of sp³-hybridized carbons (Fsp3) is 0.538. The lowest BCUT2D eigenvalue weighted by Gasteiger charge is -2.37. The first-order valence-corrected chi connectivity index (χ1v) is 7.82. The van der Waals surface area contributed by atoms with Gasteiger partial charge < -0.3 is 4.74 Å². The lowest BCUT2D eigenvalue weighted by molar-refractivity contribution is 0.0702. The molecule has 0 unspecified atom stereocenters. The van der Waals surface area contributed by atoms with Crippen molar-refractivity contribution in [2.24, 2.45) is 0 Å². The first-order chi connectivity index (χ1) is 8.16. The number of benzene rings is 1. The molecule has 0 saturated heterocycles. The summed E-state index contributed by atoms with van der Waals surface area (Å²) in [5, 5.41) is 0. The van der Waals surface area contributed by atoms with Gasteiger partial charge in [0.25, 0.3) is 0 Å². The summed E-state index contributed by atoms with van der Waals surface area (Å²) < 4.78 is 31.5. The van der Waals surface area contributed by atoms with Crippen molar-refractivity contribution in [3.63, 3.8) is 0 Å². The maximum absolute atomic E-state index is 11.5. The van der Waals surface area contributed by atoms with E-state index in [0.717, 1.165) is 16.9 Å². The van der Waals surface area contributed by atoms with Crippen molar-refractivity contribution < 1.29 is 13.2 Å². The van der Waals surface area contributed by atoms with Gasteiger partial charge in [0.2, 0.25) is 10.0 Å². The van der Waals surface area contributed by atoms with Gasteiger partial charge in [-0.25, -0.2) is 13.1 Å². The topological polar surface area (TPSA) is 55.4 Å². The number of nitrogens with one attached hydrogen (secondary N) is 1. The van der Waals surface area contributed by atoms with E-state index in [9.17, 15) is 8.42 Å². The molecular formula is C13H19NO3S. The van der Waals surface area contributed by atoms with Crippen LogP contribution in [0.3, 0.4) is 0 Å². The van der Waals surface area contributed by atoms with Crippen molar-refractivity contribution in [1.82, 2.24) is 4.72 Å². The quantitative estimate of drug-likeness (QED) is 0.895. The summed E-state index contributed by atoms with van der Waals surface area (Å²) in [6.07, 6.45) is 1.81. The number of rotatable bonds is 2. The van der Waals surface area contributed by atoms with Crippen molar-refractivity contribution in [2.75, 3.05) is 6.26 Å². The highest BCUT2D eigenvalue weighted by molar-refractivity contribution is 7.88. The van der Waals surface area contributed by atoms with Crippen LogP contribution < -0.4 is 9.46 Å². The van der Waals surface area contributed by atoms with Crippen molar-refractivity contribution in [3.05, 3.63) is 29.3 Å². The zero-order valence-corrected chi connectivity index (χ0v) is 12.0. The van der Waals surface area contributed by atoms with Gasteiger partial charge in [-0.05, 0) is 26.8 Å². The van der Waals surface area contributed by atoms with Crippen LogP contribution in [0.1, 0.15) is 37.4 Å². The van der Waals surface area contributed by atoms with E-state index in [-0.39, 0.29) is 11.6 Å². The smallest absolute Gasteiger partial charge is 0.209 e. The zero-order chi connectivity index (χ0) is 13.6. The Morgan fingerprint density at radius 1 is 1.39 bits per heavy atom. The van der Waals surface area contributed by atoms with Gasteiger partial charge in [0.15, 0.2) is 0 Å². The fourth-order valence-electron chi connectivity index (χ4n) is 2.34. The minimum Gasteiger partial charge on any atom is -0.487 e. The van der Waals surface area contributed by atoms with E-state index in [1.807, 2.05) is 39.0 Å². The third-order valence-electron chi connectivity index (χ3n) is 2.98. The largest absolute Gasteiger partial charge is 0.487 e. The van der Waals surface area contributed by atoms with E-state index in [4.69, 9.17) is 4.74 Å². The van der Waals surface area contributed by atoms with Crippen molar-refractivity contribution in [1.29, 1.82) is 0 Å². The molecule has 1 N–H and O–H groups in total. The molecule has 0 aliphatic carbocycles. The molecule has 0 aromatic heterocycles. The Balaban J connectivity index is 2.45. The van der Waals surface area contributed by atoms with Gasteiger partial charge in [-0.3, -0.25) is 0 Å². The Bertz CT molecular complexity index is 564. The van der Waals surface area contributed by atoms with Gasteiger partial charge in [0.1, 0.15) is 11.4 Å². The molecule has 1 aromatic carbocycles. The molecule has 0 bridgehead atoms. The molecule has 5 heteroatoms. The van der Waals surface area contributed by atoms with E-state index in [1.54, 1.807) is 0 Å². The SMILES string of the molecule is Cc1ccc2c(c1)[C@H](NS(C)(=O)=O)CC(C)(C)O2. The summed E-state index contributed by atoms with van der Waals surface area (Å²) in [5.74, 6) is 0.762. The lowest BCUT2D eigenvalue weighted by Crippen LogP contribution is -2.41. The third-order valence-corrected chi connectivity index (χ3v) is 3.69. The normalized spacial score (nSPS) is 22.1. The number of fused-ring (bicyclic) bond motifs is 1. The molecule has 0 saturated carbocycles. The van der Waals surface area contributed by atoms with Crippen LogP contribution in [0.15, 0.2) is 18.2 Å². The molecule has 1 aliphatic heterocycles. The molecule has 1 aromatic rings. The van der Waals surface area contributed by atoms with Gasteiger partial charge in [-0.2, -0.15) is 0 Å². The van der Waals surface area contributed by atoms with Crippen LogP contribution in [-0.2, 0) is 10.0 Å². The van der Waals surface area contributed by atoms with Crippen molar-refractivity contribution in [3.8, 4) is 5.75 Å². The first-order valence-electron chi connectivity index (χ1n) is 5.93. The number of sulfonamides is 1. The average Bonchev–Trinajstić information content (AvgIpc) is 2.15. The highest BCUT2D eigenvalue weighted by atomic mass is 32.2. The molecule has 0 amide bonds. The first kappa shape index (κ1) is 13.4. The predicted molar refractivity (Wildman–Crippen MR) is 71.2 cm³/mol. The molecule has 0 spiro atoms. The van der Waals surface area contributed by atoms with Crippen molar-refractivity contribution in [2.45, 2.75) is 38.8 Å². The van der Waals surface area contributed by atoms with E-state index >= 15 is 0 Å². The maximum atomic E-state index is 11.5. The van der Waals surface area contributed by atoms with Crippen LogP contribution in [0.5, 0.6) is 5.75 Å². The second-order valence-corrected chi connectivity index (χ2v) is 7.33. The van der Waals surface area contributed by atoms with Crippen LogP contribution in [0.4, 0.5) is 0 Å². The number of hydrogen-bond donors (Lipinski definition) is 1. The van der Waals surface area contributed by atoms with Gasteiger partial charge in [-0.15, -0.1) is 0 Å². The van der Waals surface area contributed by atoms with Crippen LogP contribution in [0, 0.1) is 6.92 Å². The summed E-state index contributed by atoms with van der Waals surface area (Å²) in [6.45, 7) is 5.91. The van der Waals surface area contributed by atoms with Crippen LogP contribution in [-0.4, -0.2) is 20.3 Å². The summed E-state index contributed by atoms with van der Waals surface area (Å²) >= 11 is 0. The maximum Gasteiger partial charge on any atom is 0.209 e. The summed E-state index contributed by atoms with van der Waals surface area (Å²) in [4.78, 5) is 0. The molecule has 0 fully saturated rings. The Morgan fingerprint density at radius 2 is 2.06 bits per heavy atom. The van der Waals surface area contributed by atoms with E-state index < -0.39 is 10.0 Å². The summed E-state index contributed by atoms with van der Waals surface area (Å²) in [6, 6.07) is 5.63. The molecule has 2 rings (SSSR count). The Kier molecular flexibility index (Phi) is 3.15. The summed E-state index contributed by atoms with van der Waals surface area (Å²) in [7, 11) is -3.24. The molecule has 1 atom stereocenters. The predicted octanol–water partition coefficient (Wildman–Crippen LogP) is 2.15. The highest BCUT2D eigenvalue weighted by Gasteiger charge is 2.34. The van der Waals surface area contributed by atoms with Crippen LogP contribution in [0.25, 0.3) is 0 Å². The standard InChI is InChI=1S/C13H19NO3S/c1-9-5-6-12-10(7-9)11(14-18(4,15)16)8-13(2,3)17-12/h5-7,11,14H,8H2,1-4H3/t11-/m1/s1. The summed E-state index contributed by atoms with van der Waals surface area (Å²) in [5.41, 5.74) is 1.64. The molecule has 1 heterocycles. The number of aryl methyl sites for hydroxylation is 1. The number of ether oxygens (including phenoxy) is 1. The molecule has 1 aliphatic rings.